The zero-order valence-electron chi connectivity index (χ0n) is 17.0. The molecule has 3 aromatic rings. The first-order valence-electron chi connectivity index (χ1n) is 10.6. The number of H-pyrrole nitrogens is 1. The molecule has 156 valence electrons. The van der Waals surface area contributed by atoms with E-state index in [1.165, 1.54) is 11.6 Å². The number of likely N-dealkylation sites (tertiary alicyclic amines) is 1. The molecule has 2 aromatic carbocycles. The molecule has 3 heterocycles. The molecule has 1 saturated heterocycles. The van der Waals surface area contributed by atoms with E-state index in [9.17, 15) is 9.18 Å². The number of rotatable bonds is 3. The van der Waals surface area contributed by atoms with E-state index in [2.05, 4.69) is 39.2 Å². The van der Waals surface area contributed by atoms with Gasteiger partial charge in [0.1, 0.15) is 17.6 Å². The lowest BCUT2D eigenvalue weighted by atomic mass is 9.87. The molecular weight excluding hydrogens is 381 g/mol. The second-order valence-electron chi connectivity index (χ2n) is 8.30. The quantitative estimate of drug-likeness (QED) is 0.619. The van der Waals surface area contributed by atoms with Crippen LogP contribution in [-0.4, -0.2) is 40.4 Å². The Morgan fingerprint density at radius 3 is 2.80 bits per heavy atom. The smallest absolute Gasteiger partial charge is 0.237 e. The summed E-state index contributed by atoms with van der Waals surface area (Å²) in [6.07, 6.45) is 2.29. The van der Waals surface area contributed by atoms with Crippen LogP contribution in [0, 0.1) is 5.82 Å². The summed E-state index contributed by atoms with van der Waals surface area (Å²) in [4.78, 5) is 23.1. The largest absolute Gasteiger partial charge is 0.341 e. The van der Waals surface area contributed by atoms with E-state index in [1.54, 1.807) is 12.1 Å². The number of fused-ring (bicyclic) bond motifs is 2. The van der Waals surface area contributed by atoms with Gasteiger partial charge in [-0.3, -0.25) is 4.79 Å². The van der Waals surface area contributed by atoms with Gasteiger partial charge in [0.05, 0.1) is 17.1 Å². The van der Waals surface area contributed by atoms with Crippen molar-refractivity contribution in [3.8, 4) is 0 Å². The number of nitrogens with one attached hydrogen (secondary N) is 2. The van der Waals surface area contributed by atoms with E-state index in [-0.39, 0.29) is 5.91 Å². The predicted octanol–water partition coefficient (Wildman–Crippen LogP) is 3.64. The number of imidazole rings is 1. The molecule has 1 aromatic heterocycles. The number of carbonyl (C=O) groups is 1. The summed E-state index contributed by atoms with van der Waals surface area (Å²) in [5, 5.41) is 2.77. The topological polar surface area (TPSA) is 87.0 Å². The van der Waals surface area contributed by atoms with Crippen molar-refractivity contribution in [3.63, 3.8) is 0 Å². The van der Waals surface area contributed by atoms with Gasteiger partial charge in [0, 0.05) is 11.3 Å². The number of hydrogen-bond acceptors (Lipinski definition) is 4. The van der Waals surface area contributed by atoms with Crippen molar-refractivity contribution in [3.05, 3.63) is 59.2 Å². The van der Waals surface area contributed by atoms with Gasteiger partial charge in [-0.1, -0.05) is 19.1 Å². The average Bonchev–Trinajstić information content (AvgIpc) is 3.16. The molecule has 2 aliphatic heterocycles. The van der Waals surface area contributed by atoms with Gasteiger partial charge in [-0.15, -0.1) is 0 Å². The third-order valence-electron chi connectivity index (χ3n) is 6.61. The van der Waals surface area contributed by atoms with E-state index in [0.717, 1.165) is 43.5 Å². The van der Waals surface area contributed by atoms with Crippen LogP contribution in [0.25, 0.3) is 11.0 Å². The van der Waals surface area contributed by atoms with Gasteiger partial charge in [-0.25, -0.2) is 9.37 Å². The molecule has 0 aliphatic carbocycles. The van der Waals surface area contributed by atoms with Crippen molar-refractivity contribution in [1.82, 2.24) is 14.9 Å². The van der Waals surface area contributed by atoms with Crippen molar-refractivity contribution in [2.45, 2.75) is 37.6 Å². The predicted molar refractivity (Wildman–Crippen MR) is 115 cm³/mol. The molecular formula is C23H26FN5O. The first-order valence-corrected chi connectivity index (χ1v) is 10.6. The Bertz CT molecular complexity index is 1100. The molecule has 2 atom stereocenters. The molecule has 30 heavy (non-hydrogen) atoms. The number of nitrogens with two attached hydrogens (primary N) is 1. The number of nitrogens with zero attached hydrogens (tertiary/aromatic N) is 2. The third kappa shape index (κ3) is 3.18. The second kappa shape index (κ2) is 7.49. The van der Waals surface area contributed by atoms with Gasteiger partial charge in [-0.05, 0) is 68.2 Å². The Morgan fingerprint density at radius 2 is 2.03 bits per heavy atom. The molecule has 6 nitrogen and oxygen atoms in total. The number of aromatic nitrogens is 2. The van der Waals surface area contributed by atoms with Crippen molar-refractivity contribution in [1.29, 1.82) is 0 Å². The van der Waals surface area contributed by atoms with Crippen LogP contribution in [0.4, 0.5) is 10.1 Å². The highest BCUT2D eigenvalue weighted by molar-refractivity contribution is 5.99. The molecule has 1 amide bonds. The Kier molecular flexibility index (Phi) is 4.79. The highest BCUT2D eigenvalue weighted by atomic mass is 19.1. The normalized spacial score (nSPS) is 22.8. The van der Waals surface area contributed by atoms with Gasteiger partial charge in [0.15, 0.2) is 0 Å². The Balaban J connectivity index is 1.45. The van der Waals surface area contributed by atoms with Crippen molar-refractivity contribution < 1.29 is 9.18 Å². The monoisotopic (exact) mass is 407 g/mol. The lowest BCUT2D eigenvalue weighted by Crippen LogP contribution is -2.37. The number of amides is 1. The first-order chi connectivity index (χ1) is 14.5. The molecule has 7 heteroatoms. The van der Waals surface area contributed by atoms with E-state index < -0.39 is 17.8 Å². The van der Waals surface area contributed by atoms with Gasteiger partial charge >= 0.3 is 0 Å². The minimum atomic E-state index is -0.798. The van der Waals surface area contributed by atoms with Crippen LogP contribution in [0.15, 0.2) is 36.4 Å². The maximum absolute atomic E-state index is 14.4. The zero-order chi connectivity index (χ0) is 20.8. The fourth-order valence-electron chi connectivity index (χ4n) is 4.85. The molecule has 1 fully saturated rings. The number of hydrogen-bond donors (Lipinski definition) is 3. The minimum absolute atomic E-state index is 0.271. The molecule has 0 spiro atoms. The SMILES string of the molecule is CCN1CCC(c2ccc3nc(C4C(=O)Nc5cccc(F)c5C4N)[nH]c3c2)CC1. The van der Waals surface area contributed by atoms with Gasteiger partial charge < -0.3 is 20.9 Å². The standard InChI is InChI=1S/C23H26FN5O/c1-2-29-10-8-13(9-11-29)14-6-7-16-18(12-14)27-22(26-16)20-21(25)19-15(24)4-3-5-17(19)28-23(20)30/h3-7,12-13,20-21H,2,8-11,25H2,1H3,(H,26,27)(H,28,30). The molecule has 0 saturated carbocycles. The molecule has 0 radical (unpaired) electrons. The Labute approximate surface area is 174 Å². The van der Waals surface area contributed by atoms with E-state index in [1.807, 2.05) is 6.07 Å². The summed E-state index contributed by atoms with van der Waals surface area (Å²) in [6.45, 7) is 5.54. The van der Waals surface area contributed by atoms with Crippen LogP contribution in [0.5, 0.6) is 0 Å². The van der Waals surface area contributed by atoms with Crippen LogP contribution < -0.4 is 11.1 Å². The summed E-state index contributed by atoms with van der Waals surface area (Å²) in [6, 6.07) is 10.1. The maximum Gasteiger partial charge on any atom is 0.237 e. The van der Waals surface area contributed by atoms with Gasteiger partial charge in [-0.2, -0.15) is 0 Å². The first kappa shape index (κ1) is 19.2. The number of anilines is 1. The van der Waals surface area contributed by atoms with Crippen molar-refractivity contribution in [2.75, 3.05) is 25.0 Å². The molecule has 5 rings (SSSR count). The maximum atomic E-state index is 14.4. The molecule has 2 unspecified atom stereocenters. The molecule has 4 N–H and O–H groups in total. The van der Waals surface area contributed by atoms with Gasteiger partial charge in [0.2, 0.25) is 5.91 Å². The number of aromatic amines is 1. The summed E-state index contributed by atoms with van der Waals surface area (Å²) in [5.41, 5.74) is 10.1. The van der Waals surface area contributed by atoms with Crippen molar-refractivity contribution in [2.24, 2.45) is 5.73 Å². The number of halogens is 1. The summed E-state index contributed by atoms with van der Waals surface area (Å²) < 4.78 is 14.4. The highest BCUT2D eigenvalue weighted by Gasteiger charge is 2.38. The van der Waals surface area contributed by atoms with Crippen LogP contribution >= 0.6 is 0 Å². The molecule has 2 aliphatic rings. The number of piperidine rings is 1. The van der Waals surface area contributed by atoms with E-state index in [4.69, 9.17) is 5.73 Å². The highest BCUT2D eigenvalue weighted by Crippen LogP contribution is 2.39. The van der Waals surface area contributed by atoms with Gasteiger partial charge in [0.25, 0.3) is 0 Å². The summed E-state index contributed by atoms with van der Waals surface area (Å²) in [7, 11) is 0. The second-order valence-corrected chi connectivity index (χ2v) is 8.30. The zero-order valence-corrected chi connectivity index (χ0v) is 17.0. The average molecular weight is 407 g/mol. The summed E-state index contributed by atoms with van der Waals surface area (Å²) in [5.74, 6) is -0.446. The Hall–Kier alpha value is -2.77. The van der Waals surface area contributed by atoms with E-state index in [0.29, 0.717) is 23.0 Å². The number of carbonyl (C=O) groups excluding carboxylic acids is 1. The van der Waals surface area contributed by atoms with Crippen LogP contribution in [-0.2, 0) is 4.79 Å². The lowest BCUT2D eigenvalue weighted by Gasteiger charge is -2.31. The Morgan fingerprint density at radius 1 is 1.23 bits per heavy atom. The minimum Gasteiger partial charge on any atom is -0.341 e. The van der Waals surface area contributed by atoms with Crippen molar-refractivity contribution >= 4 is 22.6 Å². The van der Waals surface area contributed by atoms with Crippen LogP contribution in [0.2, 0.25) is 0 Å². The fourth-order valence-corrected chi connectivity index (χ4v) is 4.85. The number of benzene rings is 2. The third-order valence-corrected chi connectivity index (χ3v) is 6.61. The summed E-state index contributed by atoms with van der Waals surface area (Å²) >= 11 is 0. The van der Waals surface area contributed by atoms with E-state index >= 15 is 0 Å². The lowest BCUT2D eigenvalue weighted by molar-refractivity contribution is -0.118. The van der Waals surface area contributed by atoms with Crippen LogP contribution in [0.1, 0.15) is 54.6 Å². The fraction of sp³-hybridized carbons (Fsp3) is 0.391. The molecule has 0 bridgehead atoms. The van der Waals surface area contributed by atoms with Crippen LogP contribution in [0.3, 0.4) is 0 Å².